The summed E-state index contributed by atoms with van der Waals surface area (Å²) in [6.45, 7) is 3.52. The average molecular weight is 167 g/mol. The number of hydrogen-bond donors (Lipinski definition) is 1. The minimum atomic E-state index is 0.0330. The van der Waals surface area contributed by atoms with Gasteiger partial charge in [-0.05, 0) is 39.4 Å². The van der Waals surface area contributed by atoms with Crippen LogP contribution in [-0.2, 0) is 0 Å². The van der Waals surface area contributed by atoms with E-state index in [-0.39, 0.29) is 6.04 Å². The van der Waals surface area contributed by atoms with Crippen LogP contribution in [-0.4, -0.2) is 37.6 Å². The van der Waals surface area contributed by atoms with Crippen molar-refractivity contribution < 1.29 is 0 Å². The van der Waals surface area contributed by atoms with Gasteiger partial charge in [-0.1, -0.05) is 0 Å². The van der Waals surface area contributed by atoms with Crippen molar-refractivity contribution in [2.45, 2.75) is 25.3 Å². The minimum Gasteiger partial charge on any atom is -0.305 e. The third kappa shape index (κ3) is 2.80. The molecule has 1 saturated heterocycles. The van der Waals surface area contributed by atoms with Gasteiger partial charge in [0.15, 0.2) is 0 Å². The number of hydrogen-bond acceptors (Lipinski definition) is 3. The van der Waals surface area contributed by atoms with Gasteiger partial charge in [-0.15, -0.1) is 0 Å². The van der Waals surface area contributed by atoms with Crippen molar-refractivity contribution in [3.8, 4) is 6.07 Å². The highest BCUT2D eigenvalue weighted by atomic mass is 15.1. The van der Waals surface area contributed by atoms with E-state index >= 15 is 0 Å². The van der Waals surface area contributed by atoms with Gasteiger partial charge in [-0.2, -0.15) is 5.26 Å². The fraction of sp³-hybridized carbons (Fsp3) is 0.889. The molecule has 1 heterocycles. The molecule has 1 unspecified atom stereocenters. The van der Waals surface area contributed by atoms with E-state index in [0.29, 0.717) is 0 Å². The summed E-state index contributed by atoms with van der Waals surface area (Å²) in [4.78, 5) is 2.43. The van der Waals surface area contributed by atoms with Crippen LogP contribution in [0.3, 0.4) is 0 Å². The van der Waals surface area contributed by atoms with E-state index in [2.05, 4.69) is 16.3 Å². The molecule has 0 radical (unpaired) electrons. The predicted molar refractivity (Wildman–Crippen MR) is 48.8 cm³/mol. The van der Waals surface area contributed by atoms with E-state index in [1.165, 1.54) is 25.9 Å². The Balaban J connectivity index is 2.11. The van der Waals surface area contributed by atoms with Crippen molar-refractivity contribution in [1.29, 1.82) is 5.26 Å². The van der Waals surface area contributed by atoms with Gasteiger partial charge in [0.2, 0.25) is 0 Å². The maximum absolute atomic E-state index is 8.67. The van der Waals surface area contributed by atoms with E-state index in [0.717, 1.165) is 13.0 Å². The van der Waals surface area contributed by atoms with Crippen LogP contribution in [0, 0.1) is 11.3 Å². The molecule has 0 aromatic heterocycles. The largest absolute Gasteiger partial charge is 0.305 e. The van der Waals surface area contributed by atoms with Gasteiger partial charge in [-0.25, -0.2) is 0 Å². The molecule has 3 nitrogen and oxygen atoms in total. The second-order valence-electron chi connectivity index (χ2n) is 3.31. The number of nitriles is 1. The number of rotatable bonds is 4. The normalized spacial score (nSPS) is 20.7. The molecular formula is C9H17N3. The van der Waals surface area contributed by atoms with Crippen LogP contribution in [0.4, 0.5) is 0 Å². The Morgan fingerprint density at radius 3 is 2.67 bits per heavy atom. The van der Waals surface area contributed by atoms with Crippen LogP contribution in [0.25, 0.3) is 0 Å². The first-order valence-corrected chi connectivity index (χ1v) is 4.66. The highest BCUT2D eigenvalue weighted by molar-refractivity contribution is 4.89. The van der Waals surface area contributed by atoms with Gasteiger partial charge < -0.3 is 10.2 Å². The van der Waals surface area contributed by atoms with Crippen LogP contribution in [0.1, 0.15) is 19.3 Å². The van der Waals surface area contributed by atoms with Gasteiger partial charge in [-0.3, -0.25) is 0 Å². The third-order valence-electron chi connectivity index (χ3n) is 2.44. The molecule has 1 fully saturated rings. The van der Waals surface area contributed by atoms with Crippen molar-refractivity contribution in [3.05, 3.63) is 0 Å². The van der Waals surface area contributed by atoms with Crippen LogP contribution in [0.2, 0.25) is 0 Å². The van der Waals surface area contributed by atoms with Crippen LogP contribution >= 0.6 is 0 Å². The Hall–Kier alpha value is -0.590. The van der Waals surface area contributed by atoms with Gasteiger partial charge in [0.05, 0.1) is 12.1 Å². The summed E-state index contributed by atoms with van der Waals surface area (Å²) in [7, 11) is 1.85. The summed E-state index contributed by atoms with van der Waals surface area (Å²) in [5.74, 6) is 0. The molecule has 0 spiro atoms. The Kier molecular flexibility index (Phi) is 4.06. The lowest BCUT2D eigenvalue weighted by atomic mass is 10.2. The van der Waals surface area contributed by atoms with E-state index in [9.17, 15) is 0 Å². The predicted octanol–water partition coefficient (Wildman–Crippen LogP) is 0.584. The molecule has 0 aliphatic carbocycles. The van der Waals surface area contributed by atoms with Crippen molar-refractivity contribution >= 4 is 0 Å². The second-order valence-corrected chi connectivity index (χ2v) is 3.31. The highest BCUT2D eigenvalue weighted by Crippen LogP contribution is 2.07. The molecule has 68 valence electrons. The SMILES string of the molecule is CNC(C#N)CCN1CCCC1. The molecule has 3 heteroatoms. The molecule has 0 saturated carbocycles. The number of nitrogens with one attached hydrogen (secondary N) is 1. The van der Waals surface area contributed by atoms with Crippen molar-refractivity contribution in [2.75, 3.05) is 26.7 Å². The van der Waals surface area contributed by atoms with Crippen molar-refractivity contribution in [3.63, 3.8) is 0 Å². The summed E-state index contributed by atoms with van der Waals surface area (Å²) < 4.78 is 0. The first-order valence-electron chi connectivity index (χ1n) is 4.66. The highest BCUT2D eigenvalue weighted by Gasteiger charge is 2.12. The summed E-state index contributed by atoms with van der Waals surface area (Å²) in [5, 5.41) is 11.7. The topological polar surface area (TPSA) is 39.1 Å². The Labute approximate surface area is 74.4 Å². The number of likely N-dealkylation sites (tertiary alicyclic amines) is 1. The lowest BCUT2D eigenvalue weighted by Crippen LogP contribution is -2.30. The zero-order valence-corrected chi connectivity index (χ0v) is 7.71. The fourth-order valence-corrected chi connectivity index (χ4v) is 1.59. The molecule has 1 rings (SSSR count). The molecule has 0 bridgehead atoms. The van der Waals surface area contributed by atoms with Crippen molar-refractivity contribution in [2.24, 2.45) is 0 Å². The van der Waals surface area contributed by atoms with Crippen LogP contribution < -0.4 is 5.32 Å². The molecule has 1 aliphatic heterocycles. The quantitative estimate of drug-likeness (QED) is 0.666. The van der Waals surface area contributed by atoms with E-state index < -0.39 is 0 Å². The lowest BCUT2D eigenvalue weighted by Gasteiger charge is -2.15. The standard InChI is InChI=1S/C9H17N3/c1-11-9(8-10)4-7-12-5-2-3-6-12/h9,11H,2-7H2,1H3. The monoisotopic (exact) mass is 167 g/mol. The van der Waals surface area contributed by atoms with Gasteiger partial charge in [0.25, 0.3) is 0 Å². The summed E-state index contributed by atoms with van der Waals surface area (Å²) >= 11 is 0. The molecule has 0 aromatic carbocycles. The number of nitrogens with zero attached hydrogens (tertiary/aromatic N) is 2. The molecule has 1 N–H and O–H groups in total. The maximum Gasteiger partial charge on any atom is 0.0962 e. The molecule has 0 amide bonds. The smallest absolute Gasteiger partial charge is 0.0962 e. The first kappa shape index (κ1) is 9.50. The minimum absolute atomic E-state index is 0.0330. The van der Waals surface area contributed by atoms with Gasteiger partial charge in [0, 0.05) is 6.54 Å². The molecule has 1 aliphatic rings. The van der Waals surface area contributed by atoms with Crippen LogP contribution in [0.5, 0.6) is 0 Å². The Morgan fingerprint density at radius 1 is 1.50 bits per heavy atom. The molecule has 12 heavy (non-hydrogen) atoms. The van der Waals surface area contributed by atoms with E-state index in [1.54, 1.807) is 0 Å². The zero-order chi connectivity index (χ0) is 8.81. The third-order valence-corrected chi connectivity index (χ3v) is 2.44. The Morgan fingerprint density at radius 2 is 2.17 bits per heavy atom. The maximum atomic E-state index is 8.67. The zero-order valence-electron chi connectivity index (χ0n) is 7.71. The summed E-state index contributed by atoms with van der Waals surface area (Å²) in [5.41, 5.74) is 0. The van der Waals surface area contributed by atoms with Gasteiger partial charge >= 0.3 is 0 Å². The first-order chi connectivity index (χ1) is 5.86. The summed E-state index contributed by atoms with van der Waals surface area (Å²) in [6.07, 6.45) is 3.61. The molecule has 0 aromatic rings. The lowest BCUT2D eigenvalue weighted by molar-refractivity contribution is 0.324. The molecular weight excluding hydrogens is 150 g/mol. The van der Waals surface area contributed by atoms with E-state index in [1.807, 2.05) is 7.05 Å². The van der Waals surface area contributed by atoms with Gasteiger partial charge in [0.1, 0.15) is 0 Å². The molecule has 1 atom stereocenters. The van der Waals surface area contributed by atoms with Crippen molar-refractivity contribution in [1.82, 2.24) is 10.2 Å². The second kappa shape index (κ2) is 5.13. The van der Waals surface area contributed by atoms with E-state index in [4.69, 9.17) is 5.26 Å². The average Bonchev–Trinajstić information content (AvgIpc) is 2.59. The Bertz CT molecular complexity index is 156. The van der Waals surface area contributed by atoms with Crippen LogP contribution in [0.15, 0.2) is 0 Å². The fourth-order valence-electron chi connectivity index (χ4n) is 1.59. The summed E-state index contributed by atoms with van der Waals surface area (Å²) in [6, 6.07) is 2.27.